The minimum atomic E-state index is -1.12. The fraction of sp³-hybridized carbons (Fsp3) is 0.611. The number of amides is 1. The molecule has 0 aliphatic carbocycles. The third-order valence-corrected chi connectivity index (χ3v) is 6.48. The quantitative estimate of drug-likeness (QED) is 0.390. The molecule has 1 saturated heterocycles. The van der Waals surface area contributed by atoms with Crippen molar-refractivity contribution in [3.63, 3.8) is 0 Å². The van der Waals surface area contributed by atoms with E-state index >= 15 is 0 Å². The van der Waals surface area contributed by atoms with Crippen LogP contribution in [0.4, 0.5) is 0 Å². The Hall–Kier alpha value is -1.64. The number of nitrogens with one attached hydrogen (secondary N) is 1. The molecular formula is C18H27ClN4O3Si. The van der Waals surface area contributed by atoms with Crippen LogP contribution in [0, 0.1) is 5.92 Å². The molecular weight excluding hydrogens is 384 g/mol. The van der Waals surface area contributed by atoms with Crippen molar-refractivity contribution in [3.8, 4) is 5.88 Å². The molecule has 2 aromatic heterocycles. The second-order valence-corrected chi connectivity index (χ2v) is 14.2. The predicted octanol–water partition coefficient (Wildman–Crippen LogP) is 3.30. The molecule has 3 heterocycles. The van der Waals surface area contributed by atoms with Gasteiger partial charge in [0.2, 0.25) is 11.8 Å². The van der Waals surface area contributed by atoms with Crippen LogP contribution in [-0.2, 0) is 16.3 Å². The van der Waals surface area contributed by atoms with E-state index in [1.54, 1.807) is 12.4 Å². The van der Waals surface area contributed by atoms with Gasteiger partial charge >= 0.3 is 0 Å². The van der Waals surface area contributed by atoms with Crippen molar-refractivity contribution in [2.45, 2.75) is 45.3 Å². The van der Waals surface area contributed by atoms with Crippen LogP contribution in [0.1, 0.15) is 12.8 Å². The Morgan fingerprint density at radius 3 is 2.89 bits per heavy atom. The van der Waals surface area contributed by atoms with E-state index in [4.69, 9.17) is 21.1 Å². The highest BCUT2D eigenvalue weighted by atomic mass is 35.5. The Morgan fingerprint density at radius 2 is 2.19 bits per heavy atom. The van der Waals surface area contributed by atoms with E-state index in [-0.39, 0.29) is 5.91 Å². The van der Waals surface area contributed by atoms with Gasteiger partial charge in [0.1, 0.15) is 17.4 Å². The molecule has 1 aliphatic heterocycles. The molecule has 1 atom stereocenters. The first-order chi connectivity index (χ1) is 12.8. The summed E-state index contributed by atoms with van der Waals surface area (Å²) in [5, 5.41) is 3.19. The van der Waals surface area contributed by atoms with Gasteiger partial charge in [0, 0.05) is 33.7 Å². The van der Waals surface area contributed by atoms with Crippen molar-refractivity contribution in [2.75, 3.05) is 19.8 Å². The van der Waals surface area contributed by atoms with E-state index in [2.05, 4.69) is 34.9 Å². The van der Waals surface area contributed by atoms with Crippen molar-refractivity contribution in [3.05, 3.63) is 17.5 Å². The van der Waals surface area contributed by atoms with E-state index in [1.165, 1.54) is 0 Å². The lowest BCUT2D eigenvalue weighted by Gasteiger charge is -2.16. The van der Waals surface area contributed by atoms with Gasteiger partial charge in [-0.05, 0) is 18.4 Å². The molecule has 0 aromatic carbocycles. The summed E-state index contributed by atoms with van der Waals surface area (Å²) in [5.41, 5.74) is 1.52. The molecule has 1 N–H and O–H groups in total. The van der Waals surface area contributed by atoms with Crippen LogP contribution in [-0.4, -0.2) is 48.3 Å². The molecule has 0 bridgehead atoms. The molecule has 9 heteroatoms. The van der Waals surface area contributed by atoms with Crippen molar-refractivity contribution in [2.24, 2.45) is 5.92 Å². The number of hydrogen-bond acceptors (Lipinski definition) is 5. The van der Waals surface area contributed by atoms with E-state index in [1.807, 2.05) is 4.57 Å². The molecule has 0 radical (unpaired) electrons. The summed E-state index contributed by atoms with van der Waals surface area (Å²) >= 11 is 6.11. The number of hydrogen-bond donors (Lipinski definition) is 1. The first-order valence-electron chi connectivity index (χ1n) is 9.30. The number of carbonyl (C=O) groups excluding carboxylic acids is 1. The van der Waals surface area contributed by atoms with Gasteiger partial charge in [-0.1, -0.05) is 31.2 Å². The third kappa shape index (κ3) is 5.67. The second-order valence-electron chi connectivity index (χ2n) is 8.19. The van der Waals surface area contributed by atoms with Gasteiger partial charge < -0.3 is 19.4 Å². The van der Waals surface area contributed by atoms with E-state index in [9.17, 15) is 4.79 Å². The Labute approximate surface area is 165 Å². The SMILES string of the molecule is C[Si](C)(C)CCOCn1cnc2cc(Cl)nc(OCC[C@H]3CNC(=O)C3)c21. The van der Waals surface area contributed by atoms with Crippen LogP contribution in [0.25, 0.3) is 11.0 Å². The zero-order valence-corrected chi connectivity index (χ0v) is 17.9. The van der Waals surface area contributed by atoms with Gasteiger partial charge in [-0.2, -0.15) is 4.98 Å². The average Bonchev–Trinajstić information content (AvgIpc) is 3.17. The van der Waals surface area contributed by atoms with Crippen LogP contribution in [0.2, 0.25) is 30.8 Å². The number of carbonyl (C=O) groups is 1. The lowest BCUT2D eigenvalue weighted by molar-refractivity contribution is -0.119. The number of aromatic nitrogens is 3. The molecule has 0 saturated carbocycles. The average molecular weight is 411 g/mol. The van der Waals surface area contributed by atoms with Crippen molar-refractivity contribution < 1.29 is 14.3 Å². The fourth-order valence-electron chi connectivity index (χ4n) is 2.96. The number of halogens is 1. The van der Waals surface area contributed by atoms with Crippen LogP contribution in [0.5, 0.6) is 5.88 Å². The summed E-state index contributed by atoms with van der Waals surface area (Å²) < 4.78 is 13.7. The number of imidazole rings is 1. The summed E-state index contributed by atoms with van der Waals surface area (Å²) in [5.74, 6) is 0.875. The highest BCUT2D eigenvalue weighted by Gasteiger charge is 2.21. The molecule has 148 valence electrons. The number of rotatable bonds is 9. The Morgan fingerprint density at radius 1 is 1.37 bits per heavy atom. The smallest absolute Gasteiger partial charge is 0.241 e. The van der Waals surface area contributed by atoms with Gasteiger partial charge in [0.05, 0.1) is 18.5 Å². The number of ether oxygens (including phenoxy) is 2. The lowest BCUT2D eigenvalue weighted by Crippen LogP contribution is -2.22. The molecule has 3 rings (SSSR count). The number of fused-ring (bicyclic) bond motifs is 1. The largest absolute Gasteiger partial charge is 0.476 e. The lowest BCUT2D eigenvalue weighted by atomic mass is 10.1. The summed E-state index contributed by atoms with van der Waals surface area (Å²) in [4.78, 5) is 20.0. The van der Waals surface area contributed by atoms with Crippen LogP contribution in [0.3, 0.4) is 0 Å². The number of nitrogens with zero attached hydrogens (tertiary/aromatic N) is 3. The topological polar surface area (TPSA) is 78.3 Å². The maximum atomic E-state index is 11.3. The Kier molecular flexibility index (Phi) is 6.39. The Balaban J connectivity index is 1.64. The molecule has 2 aromatic rings. The highest BCUT2D eigenvalue weighted by Crippen LogP contribution is 2.27. The van der Waals surface area contributed by atoms with E-state index in [0.717, 1.165) is 30.1 Å². The minimum Gasteiger partial charge on any atom is -0.476 e. The summed E-state index contributed by atoms with van der Waals surface area (Å²) in [7, 11) is -1.12. The molecule has 1 fully saturated rings. The molecule has 0 unspecified atom stereocenters. The fourth-order valence-corrected chi connectivity index (χ4v) is 3.90. The van der Waals surface area contributed by atoms with Gasteiger partial charge in [-0.25, -0.2) is 4.98 Å². The molecule has 1 amide bonds. The normalized spacial score (nSPS) is 17.5. The van der Waals surface area contributed by atoms with Crippen molar-refractivity contribution in [1.82, 2.24) is 19.9 Å². The van der Waals surface area contributed by atoms with E-state index < -0.39 is 8.07 Å². The first-order valence-corrected chi connectivity index (χ1v) is 13.4. The van der Waals surface area contributed by atoms with E-state index in [0.29, 0.717) is 43.3 Å². The Bertz CT molecular complexity index is 806. The highest BCUT2D eigenvalue weighted by molar-refractivity contribution is 6.76. The minimum absolute atomic E-state index is 0.108. The third-order valence-electron chi connectivity index (χ3n) is 4.59. The zero-order chi connectivity index (χ0) is 19.4. The summed E-state index contributed by atoms with van der Waals surface area (Å²) in [6.45, 7) is 9.31. The van der Waals surface area contributed by atoms with Gasteiger partial charge in [-0.3, -0.25) is 4.79 Å². The summed E-state index contributed by atoms with van der Waals surface area (Å²) in [6, 6.07) is 2.84. The van der Waals surface area contributed by atoms with Gasteiger partial charge in [-0.15, -0.1) is 0 Å². The number of pyridine rings is 1. The predicted molar refractivity (Wildman–Crippen MR) is 108 cm³/mol. The van der Waals surface area contributed by atoms with Gasteiger partial charge in [0.25, 0.3) is 0 Å². The second kappa shape index (κ2) is 8.58. The maximum Gasteiger partial charge on any atom is 0.241 e. The maximum absolute atomic E-state index is 11.3. The summed E-state index contributed by atoms with van der Waals surface area (Å²) in [6.07, 6.45) is 3.07. The standard InChI is InChI=1S/C18H27ClN4O3Si/c1-27(2,3)7-6-25-12-23-11-21-14-9-15(19)22-18(17(14)23)26-5-4-13-8-16(24)20-10-13/h9,11,13H,4-8,10,12H2,1-3H3,(H,20,24)/t13-/m1/s1. The zero-order valence-electron chi connectivity index (χ0n) is 16.1. The molecule has 1 aliphatic rings. The first kappa shape index (κ1) is 20.1. The molecule has 27 heavy (non-hydrogen) atoms. The monoisotopic (exact) mass is 410 g/mol. The van der Waals surface area contributed by atoms with Crippen molar-refractivity contribution in [1.29, 1.82) is 0 Å². The van der Waals surface area contributed by atoms with Crippen LogP contribution in [0.15, 0.2) is 12.4 Å². The molecule has 0 spiro atoms. The van der Waals surface area contributed by atoms with Crippen molar-refractivity contribution >= 4 is 36.6 Å². The molecule has 7 nitrogen and oxygen atoms in total. The van der Waals surface area contributed by atoms with Crippen LogP contribution < -0.4 is 10.1 Å². The van der Waals surface area contributed by atoms with Gasteiger partial charge in [0.15, 0.2) is 0 Å². The van der Waals surface area contributed by atoms with Crippen LogP contribution >= 0.6 is 11.6 Å².